The molecule has 25 heavy (non-hydrogen) atoms. The lowest BCUT2D eigenvalue weighted by Gasteiger charge is -2.42. The van der Waals surface area contributed by atoms with Crippen LogP contribution in [-0.2, 0) is 9.53 Å². The van der Waals surface area contributed by atoms with Crippen molar-refractivity contribution in [2.75, 3.05) is 19.9 Å². The summed E-state index contributed by atoms with van der Waals surface area (Å²) in [4.78, 5) is 14.6. The van der Waals surface area contributed by atoms with Gasteiger partial charge in [-0.05, 0) is 30.5 Å². The lowest BCUT2D eigenvalue weighted by Crippen LogP contribution is -2.56. The van der Waals surface area contributed by atoms with Gasteiger partial charge in [-0.3, -0.25) is 4.79 Å². The highest BCUT2D eigenvalue weighted by Crippen LogP contribution is 2.33. The van der Waals surface area contributed by atoms with E-state index >= 15 is 0 Å². The Balaban J connectivity index is 1.55. The average Bonchev–Trinajstić information content (AvgIpc) is 2.63. The second-order valence-electron chi connectivity index (χ2n) is 6.70. The first-order valence-corrected chi connectivity index (χ1v) is 8.65. The van der Waals surface area contributed by atoms with Gasteiger partial charge in [-0.2, -0.15) is 0 Å². The zero-order chi connectivity index (χ0) is 17.4. The van der Waals surface area contributed by atoms with Gasteiger partial charge in [0.2, 0.25) is 0 Å². The first kappa shape index (κ1) is 16.3. The van der Waals surface area contributed by atoms with Crippen LogP contribution in [0.4, 0.5) is 8.78 Å². The molecule has 1 fully saturated rings. The van der Waals surface area contributed by atoms with Gasteiger partial charge in [-0.25, -0.2) is 8.78 Å². The van der Waals surface area contributed by atoms with E-state index in [1.165, 1.54) is 12.1 Å². The highest BCUT2D eigenvalue weighted by atomic mass is 19.1. The van der Waals surface area contributed by atoms with E-state index < -0.39 is 18.0 Å². The van der Waals surface area contributed by atoms with Crippen molar-refractivity contribution in [1.29, 1.82) is 0 Å². The molecule has 1 aromatic carbocycles. The molecule has 0 unspecified atom stereocenters. The molecule has 1 saturated heterocycles. The van der Waals surface area contributed by atoms with Gasteiger partial charge in [-0.15, -0.1) is 0 Å². The Bertz CT molecular complexity index is 703. The molecule has 1 amide bonds. The number of benzene rings is 1. The van der Waals surface area contributed by atoms with Gasteiger partial charge in [0.05, 0.1) is 18.3 Å². The number of halogens is 2. The number of carbonyl (C=O) groups excluding carboxylic acids is 1. The Morgan fingerprint density at radius 2 is 2.04 bits per heavy atom. The molecule has 3 heterocycles. The molecule has 0 aromatic heterocycles. The number of hydrogen-bond donors (Lipinski definition) is 2. The molecule has 2 atom stereocenters. The van der Waals surface area contributed by atoms with Gasteiger partial charge < -0.3 is 20.3 Å². The van der Waals surface area contributed by atoms with Crippen LogP contribution in [0.5, 0.6) is 0 Å². The summed E-state index contributed by atoms with van der Waals surface area (Å²) < 4.78 is 33.5. The molecule has 5 nitrogen and oxygen atoms in total. The highest BCUT2D eigenvalue weighted by molar-refractivity contribution is 5.95. The zero-order valence-electron chi connectivity index (χ0n) is 13.8. The molecule has 0 aliphatic carbocycles. The summed E-state index contributed by atoms with van der Waals surface area (Å²) in [5.41, 5.74) is 0.984. The van der Waals surface area contributed by atoms with Crippen molar-refractivity contribution in [3.8, 4) is 0 Å². The van der Waals surface area contributed by atoms with E-state index in [9.17, 15) is 13.6 Å². The Labute approximate surface area is 145 Å². The van der Waals surface area contributed by atoms with Crippen LogP contribution >= 0.6 is 0 Å². The summed E-state index contributed by atoms with van der Waals surface area (Å²) >= 11 is 0. The van der Waals surface area contributed by atoms with Crippen molar-refractivity contribution in [1.82, 2.24) is 15.5 Å². The summed E-state index contributed by atoms with van der Waals surface area (Å²) in [7, 11) is 0. The van der Waals surface area contributed by atoms with Crippen LogP contribution in [0.1, 0.15) is 30.9 Å². The third-order valence-electron chi connectivity index (χ3n) is 5.15. The Morgan fingerprint density at radius 1 is 1.24 bits per heavy atom. The van der Waals surface area contributed by atoms with E-state index in [4.69, 9.17) is 4.74 Å². The minimum absolute atomic E-state index is 0.0229. The summed E-state index contributed by atoms with van der Waals surface area (Å²) in [6.07, 6.45) is 0.332. The first-order chi connectivity index (χ1) is 12.1. The molecule has 0 bridgehead atoms. The van der Waals surface area contributed by atoms with Crippen molar-refractivity contribution in [3.63, 3.8) is 0 Å². The molecular formula is C18H21F2N3O2. The highest BCUT2D eigenvalue weighted by Gasteiger charge is 2.39. The molecule has 0 saturated carbocycles. The minimum Gasteiger partial charge on any atom is -0.381 e. The van der Waals surface area contributed by atoms with Crippen molar-refractivity contribution in [2.45, 2.75) is 37.5 Å². The van der Waals surface area contributed by atoms with Gasteiger partial charge in [0.25, 0.3) is 5.91 Å². The van der Waals surface area contributed by atoms with Crippen LogP contribution in [0, 0.1) is 5.82 Å². The fraction of sp³-hybridized carbons (Fsp3) is 0.500. The number of rotatable bonds is 2. The minimum atomic E-state index is -1.29. The van der Waals surface area contributed by atoms with Crippen LogP contribution in [0.3, 0.4) is 0 Å². The maximum atomic E-state index is 14.7. The van der Waals surface area contributed by atoms with Crippen LogP contribution in [0.25, 0.3) is 0 Å². The molecule has 2 N–H and O–H groups in total. The second-order valence-corrected chi connectivity index (χ2v) is 6.70. The first-order valence-electron chi connectivity index (χ1n) is 8.65. The van der Waals surface area contributed by atoms with Crippen molar-refractivity contribution in [3.05, 3.63) is 47.0 Å². The van der Waals surface area contributed by atoms with Crippen LogP contribution in [0.2, 0.25) is 0 Å². The topological polar surface area (TPSA) is 53.6 Å². The molecular weight excluding hydrogens is 328 g/mol. The van der Waals surface area contributed by atoms with Crippen molar-refractivity contribution < 1.29 is 18.3 Å². The number of hydrogen-bond acceptors (Lipinski definition) is 4. The largest absolute Gasteiger partial charge is 0.381 e. The maximum Gasteiger partial charge on any atom is 0.255 e. The Morgan fingerprint density at radius 3 is 2.80 bits per heavy atom. The van der Waals surface area contributed by atoms with E-state index in [2.05, 4.69) is 10.6 Å². The maximum absolute atomic E-state index is 14.7. The van der Waals surface area contributed by atoms with E-state index in [-0.39, 0.29) is 18.4 Å². The van der Waals surface area contributed by atoms with Crippen molar-refractivity contribution in [2.24, 2.45) is 0 Å². The fourth-order valence-corrected chi connectivity index (χ4v) is 3.79. The van der Waals surface area contributed by atoms with Crippen LogP contribution in [-0.4, -0.2) is 42.9 Å². The van der Waals surface area contributed by atoms with Gasteiger partial charge in [-0.1, -0.05) is 12.1 Å². The molecule has 1 aromatic rings. The Kier molecular flexibility index (Phi) is 4.33. The number of carbonyl (C=O) groups is 1. The number of nitrogens with zero attached hydrogens (tertiary/aromatic N) is 1. The van der Waals surface area contributed by atoms with Crippen molar-refractivity contribution >= 4 is 5.91 Å². The second kappa shape index (κ2) is 6.63. The van der Waals surface area contributed by atoms with Crippen LogP contribution < -0.4 is 10.6 Å². The van der Waals surface area contributed by atoms with E-state index in [1.54, 1.807) is 17.0 Å². The number of nitrogens with one attached hydrogen (secondary N) is 2. The third kappa shape index (κ3) is 3.08. The lowest BCUT2D eigenvalue weighted by molar-refractivity contribution is -0.133. The van der Waals surface area contributed by atoms with Gasteiger partial charge in [0, 0.05) is 25.7 Å². The number of ether oxygens (including phenoxy) is 1. The molecule has 0 radical (unpaired) electrons. The summed E-state index contributed by atoms with van der Waals surface area (Å²) in [5, 5.41) is 6.26. The lowest BCUT2D eigenvalue weighted by atomic mass is 9.91. The molecule has 4 rings (SSSR count). The van der Waals surface area contributed by atoms with E-state index in [0.717, 1.165) is 12.8 Å². The predicted octanol–water partition coefficient (Wildman–Crippen LogP) is 1.98. The monoisotopic (exact) mass is 349 g/mol. The average molecular weight is 349 g/mol. The van der Waals surface area contributed by atoms with Gasteiger partial charge >= 0.3 is 0 Å². The van der Waals surface area contributed by atoms with E-state index in [0.29, 0.717) is 36.8 Å². The Hall–Kier alpha value is -2.15. The standard InChI is InChI=1S/C18H21F2N3O2/c19-12-3-1-2-11(8-12)16-15(20)9-14-17(22-16)21-10-23(18(14)24)13-4-6-25-7-5-13/h1-3,8,13,15-16,21-22H,4-7,9-10H2/t15-,16+/m1/s1. The SMILES string of the molecule is O=C1C2=C(NCN1C1CCOCC1)N[C@@H](c1cccc(F)c1)[C@H](F)C2. The van der Waals surface area contributed by atoms with Gasteiger partial charge in [0.15, 0.2) is 0 Å². The molecule has 0 spiro atoms. The summed E-state index contributed by atoms with van der Waals surface area (Å²) in [6, 6.07) is 5.38. The number of amides is 1. The molecule has 7 heteroatoms. The molecule has 134 valence electrons. The van der Waals surface area contributed by atoms with Gasteiger partial charge in [0.1, 0.15) is 17.8 Å². The summed E-state index contributed by atoms with van der Waals surface area (Å²) in [6.45, 7) is 1.68. The number of alkyl halides is 1. The smallest absolute Gasteiger partial charge is 0.255 e. The fourth-order valence-electron chi connectivity index (χ4n) is 3.79. The quantitative estimate of drug-likeness (QED) is 0.857. The third-order valence-corrected chi connectivity index (χ3v) is 5.15. The molecule has 3 aliphatic heterocycles. The molecule has 3 aliphatic rings. The van der Waals surface area contributed by atoms with E-state index in [1.807, 2.05) is 0 Å². The normalized spacial score (nSPS) is 27.6. The summed E-state index contributed by atoms with van der Waals surface area (Å²) in [5.74, 6) is 0.0506. The zero-order valence-corrected chi connectivity index (χ0v) is 13.8. The van der Waals surface area contributed by atoms with Crippen LogP contribution in [0.15, 0.2) is 35.7 Å². The predicted molar refractivity (Wildman–Crippen MR) is 87.5 cm³/mol.